The summed E-state index contributed by atoms with van der Waals surface area (Å²) in [6.45, 7) is 7.51. The van der Waals surface area contributed by atoms with Crippen molar-refractivity contribution in [2.75, 3.05) is 7.05 Å². The predicted octanol–water partition coefficient (Wildman–Crippen LogP) is 3.80. The molecule has 0 spiro atoms. The molecule has 0 heterocycles. The number of hydrogen-bond acceptors (Lipinski definition) is 2. The lowest BCUT2D eigenvalue weighted by atomic mass is 10.1. The fourth-order valence-corrected chi connectivity index (χ4v) is 1.54. The summed E-state index contributed by atoms with van der Waals surface area (Å²) >= 11 is 0. The number of hydrogen-bond donors (Lipinski definition) is 0. The van der Waals surface area contributed by atoms with Crippen LogP contribution < -0.4 is 0 Å². The van der Waals surface area contributed by atoms with Crippen LogP contribution in [0.5, 0.6) is 0 Å². The minimum absolute atomic E-state index is 0.274. The van der Waals surface area contributed by atoms with Crippen LogP contribution in [-0.4, -0.2) is 19.0 Å². The molecule has 0 aliphatic heterocycles. The molecular weight excluding hydrogens is 227 g/mol. The van der Waals surface area contributed by atoms with Gasteiger partial charge in [-0.15, -0.1) is 0 Å². The largest absolute Gasteiger partial charge is 0.296 e. The molecule has 1 aromatic rings. The quantitative estimate of drug-likeness (QED) is 0.568. The normalized spacial score (nSPS) is 13.1. The highest BCUT2D eigenvalue weighted by Gasteiger charge is 2.05. The van der Waals surface area contributed by atoms with Gasteiger partial charge in [-0.1, -0.05) is 30.9 Å². The zero-order valence-electron chi connectivity index (χ0n) is 10.9. The summed E-state index contributed by atoms with van der Waals surface area (Å²) in [5.74, 6) is -0.274. The van der Waals surface area contributed by atoms with E-state index < -0.39 is 0 Å². The van der Waals surface area contributed by atoms with Crippen LogP contribution in [0.15, 0.2) is 58.2 Å². The molecule has 1 rings (SSSR count). The van der Waals surface area contributed by atoms with Crippen LogP contribution in [0.4, 0.5) is 4.39 Å². The van der Waals surface area contributed by atoms with E-state index in [2.05, 4.69) is 16.6 Å². The molecule has 0 radical (unpaired) electrons. The van der Waals surface area contributed by atoms with Crippen molar-refractivity contribution in [2.24, 2.45) is 9.98 Å². The number of aliphatic imine (C=N–C) groups is 2. The maximum atomic E-state index is 13.6. The molecule has 0 fully saturated rings. The summed E-state index contributed by atoms with van der Waals surface area (Å²) in [5, 5.41) is 0. The van der Waals surface area contributed by atoms with Gasteiger partial charge in [0.2, 0.25) is 0 Å². The fraction of sp³-hybridized carbons (Fsp3) is 0.200. The van der Waals surface area contributed by atoms with Crippen molar-refractivity contribution in [2.45, 2.75) is 13.8 Å². The molecule has 0 aliphatic rings. The van der Waals surface area contributed by atoms with Crippen molar-refractivity contribution in [3.05, 3.63) is 59.6 Å². The Hall–Kier alpha value is -2.03. The van der Waals surface area contributed by atoms with Gasteiger partial charge in [0, 0.05) is 30.1 Å². The topological polar surface area (TPSA) is 24.7 Å². The third kappa shape index (κ3) is 3.48. The number of allylic oxidation sites excluding steroid dienone is 2. The fourth-order valence-electron chi connectivity index (χ4n) is 1.54. The Morgan fingerprint density at radius 1 is 1.33 bits per heavy atom. The van der Waals surface area contributed by atoms with Gasteiger partial charge in [-0.2, -0.15) is 0 Å². The van der Waals surface area contributed by atoms with E-state index in [1.54, 1.807) is 38.4 Å². The van der Waals surface area contributed by atoms with Crippen molar-refractivity contribution >= 4 is 11.9 Å². The van der Waals surface area contributed by atoms with E-state index in [0.29, 0.717) is 22.5 Å². The molecule has 1 aromatic carbocycles. The summed E-state index contributed by atoms with van der Waals surface area (Å²) in [5.41, 5.74) is 2.52. The van der Waals surface area contributed by atoms with Gasteiger partial charge in [0.1, 0.15) is 5.82 Å². The van der Waals surface area contributed by atoms with Gasteiger partial charge in [0.05, 0.1) is 5.70 Å². The second-order valence-corrected chi connectivity index (χ2v) is 3.76. The second kappa shape index (κ2) is 6.64. The Kier molecular flexibility index (Phi) is 5.18. The Bertz CT molecular complexity index is 525. The van der Waals surface area contributed by atoms with Crippen molar-refractivity contribution in [1.29, 1.82) is 0 Å². The highest BCUT2D eigenvalue weighted by molar-refractivity contribution is 6.00. The zero-order valence-corrected chi connectivity index (χ0v) is 10.9. The van der Waals surface area contributed by atoms with Gasteiger partial charge in [-0.3, -0.25) is 9.98 Å². The lowest BCUT2D eigenvalue weighted by Gasteiger charge is -2.05. The Morgan fingerprint density at radius 3 is 2.56 bits per heavy atom. The molecule has 0 unspecified atom stereocenters. The zero-order chi connectivity index (χ0) is 13.5. The maximum absolute atomic E-state index is 13.6. The van der Waals surface area contributed by atoms with Crippen LogP contribution in [0.3, 0.4) is 0 Å². The average Bonchev–Trinajstić information content (AvgIpc) is 2.36. The standard InChI is InChI=1S/C15H17FN2/c1-5-15(11(2)10-17-4)18-12(3)13-8-6-7-9-14(13)16/h5-10H,2H2,1,3-4H3/b15-5+,17-10?,18-12?. The summed E-state index contributed by atoms with van der Waals surface area (Å²) in [7, 11) is 1.67. The molecule has 0 atom stereocenters. The molecular formula is C15H17FN2. The lowest BCUT2D eigenvalue weighted by molar-refractivity contribution is 0.625. The van der Waals surface area contributed by atoms with Gasteiger partial charge in [-0.05, 0) is 19.9 Å². The molecule has 0 aliphatic carbocycles. The Labute approximate surface area is 107 Å². The summed E-state index contributed by atoms with van der Waals surface area (Å²) in [6, 6.07) is 6.57. The van der Waals surface area contributed by atoms with E-state index in [1.165, 1.54) is 6.07 Å². The number of halogens is 1. The van der Waals surface area contributed by atoms with Gasteiger partial charge in [0.15, 0.2) is 0 Å². The number of nitrogens with zero attached hydrogens (tertiary/aromatic N) is 2. The molecule has 3 heteroatoms. The van der Waals surface area contributed by atoms with Crippen LogP contribution in [0.1, 0.15) is 19.4 Å². The van der Waals surface area contributed by atoms with Crippen LogP contribution in [0.2, 0.25) is 0 Å². The van der Waals surface area contributed by atoms with E-state index in [0.717, 1.165) is 0 Å². The first-order valence-corrected chi connectivity index (χ1v) is 5.68. The summed E-state index contributed by atoms with van der Waals surface area (Å²) < 4.78 is 13.6. The third-order valence-electron chi connectivity index (χ3n) is 2.44. The first-order valence-electron chi connectivity index (χ1n) is 5.68. The SMILES string of the molecule is C=C(C=NC)/C(=C\C)N=C(C)c1ccccc1F. The Morgan fingerprint density at radius 2 is 2.00 bits per heavy atom. The molecule has 18 heavy (non-hydrogen) atoms. The van der Waals surface area contributed by atoms with Gasteiger partial charge in [0.25, 0.3) is 0 Å². The van der Waals surface area contributed by atoms with E-state index >= 15 is 0 Å². The highest BCUT2D eigenvalue weighted by Crippen LogP contribution is 2.13. The minimum atomic E-state index is -0.274. The molecule has 94 valence electrons. The first-order chi connectivity index (χ1) is 8.60. The monoisotopic (exact) mass is 244 g/mol. The maximum Gasteiger partial charge on any atom is 0.132 e. The molecule has 0 aromatic heterocycles. The number of rotatable bonds is 4. The van der Waals surface area contributed by atoms with Gasteiger partial charge in [-0.25, -0.2) is 4.39 Å². The predicted molar refractivity (Wildman–Crippen MR) is 75.9 cm³/mol. The molecule has 0 N–H and O–H groups in total. The molecule has 0 saturated carbocycles. The van der Waals surface area contributed by atoms with Crippen molar-refractivity contribution in [3.8, 4) is 0 Å². The van der Waals surface area contributed by atoms with Crippen LogP contribution in [0, 0.1) is 5.82 Å². The van der Waals surface area contributed by atoms with Crippen LogP contribution in [-0.2, 0) is 0 Å². The van der Waals surface area contributed by atoms with E-state index in [-0.39, 0.29) is 5.82 Å². The lowest BCUT2D eigenvalue weighted by Crippen LogP contribution is -2.00. The number of benzene rings is 1. The van der Waals surface area contributed by atoms with E-state index in [4.69, 9.17) is 0 Å². The van der Waals surface area contributed by atoms with Crippen LogP contribution in [0.25, 0.3) is 0 Å². The van der Waals surface area contributed by atoms with Crippen molar-refractivity contribution in [1.82, 2.24) is 0 Å². The average molecular weight is 244 g/mol. The van der Waals surface area contributed by atoms with Crippen molar-refractivity contribution < 1.29 is 4.39 Å². The molecule has 0 bridgehead atoms. The van der Waals surface area contributed by atoms with E-state index in [9.17, 15) is 4.39 Å². The molecule has 0 saturated heterocycles. The highest BCUT2D eigenvalue weighted by atomic mass is 19.1. The second-order valence-electron chi connectivity index (χ2n) is 3.76. The first kappa shape index (κ1) is 14.0. The summed E-state index contributed by atoms with van der Waals surface area (Å²) in [6.07, 6.45) is 3.46. The van der Waals surface area contributed by atoms with E-state index in [1.807, 2.05) is 13.0 Å². The van der Waals surface area contributed by atoms with Gasteiger partial charge < -0.3 is 0 Å². The minimum Gasteiger partial charge on any atom is -0.296 e. The van der Waals surface area contributed by atoms with Gasteiger partial charge >= 0.3 is 0 Å². The molecule has 2 nitrogen and oxygen atoms in total. The Balaban J connectivity index is 3.09. The van der Waals surface area contributed by atoms with Crippen molar-refractivity contribution in [3.63, 3.8) is 0 Å². The smallest absolute Gasteiger partial charge is 0.132 e. The van der Waals surface area contributed by atoms with Crippen LogP contribution >= 0.6 is 0 Å². The molecule has 0 amide bonds. The summed E-state index contributed by atoms with van der Waals surface area (Å²) in [4.78, 5) is 8.28. The third-order valence-corrected chi connectivity index (χ3v) is 2.44.